The molecule has 4 nitrogen and oxygen atoms in total. The van der Waals surface area contributed by atoms with Gasteiger partial charge in [0.1, 0.15) is 18.2 Å². The largest absolute Gasteiger partial charge is 0.380 e. The van der Waals surface area contributed by atoms with Crippen molar-refractivity contribution in [3.8, 4) is 0 Å². The van der Waals surface area contributed by atoms with E-state index in [1.165, 1.54) is 23.1 Å². The molecule has 6 heteroatoms. The summed E-state index contributed by atoms with van der Waals surface area (Å²) in [5, 5.41) is 14.0. The predicted molar refractivity (Wildman–Crippen MR) is 61.2 cm³/mol. The number of aliphatic hydroxyl groups excluding tert-OH is 1. The lowest BCUT2D eigenvalue weighted by atomic mass is 10.1. The van der Waals surface area contributed by atoms with Crippen molar-refractivity contribution in [2.24, 2.45) is 0 Å². The molecule has 0 aliphatic rings. The molecule has 2 rings (SSSR count). The van der Waals surface area contributed by atoms with Crippen molar-refractivity contribution < 1.29 is 9.50 Å². The first kappa shape index (κ1) is 12.0. The predicted octanol–water partition coefficient (Wildman–Crippen LogP) is 2.17. The lowest BCUT2D eigenvalue weighted by Gasteiger charge is -2.12. The highest BCUT2D eigenvalue weighted by molar-refractivity contribution is 6.30. The van der Waals surface area contributed by atoms with E-state index in [4.69, 9.17) is 11.6 Å². The molecule has 0 aliphatic heterocycles. The van der Waals surface area contributed by atoms with Crippen LogP contribution in [-0.4, -0.2) is 19.9 Å². The van der Waals surface area contributed by atoms with E-state index in [0.29, 0.717) is 12.4 Å². The third-order valence-corrected chi connectivity index (χ3v) is 2.76. The average molecular weight is 256 g/mol. The molecule has 0 saturated heterocycles. The lowest BCUT2D eigenvalue weighted by molar-refractivity contribution is 0.198. The van der Waals surface area contributed by atoms with Crippen LogP contribution in [0, 0.1) is 5.82 Å². The van der Waals surface area contributed by atoms with Crippen LogP contribution in [0.5, 0.6) is 0 Å². The van der Waals surface area contributed by atoms with E-state index in [-0.39, 0.29) is 10.6 Å². The fraction of sp³-hybridized carbons (Fsp3) is 0.273. The lowest BCUT2D eigenvalue weighted by Crippen LogP contribution is -2.11. The highest BCUT2D eigenvalue weighted by Gasteiger charge is 2.21. The van der Waals surface area contributed by atoms with E-state index in [9.17, 15) is 9.50 Å². The van der Waals surface area contributed by atoms with E-state index in [1.54, 1.807) is 6.07 Å². The Morgan fingerprint density at radius 3 is 3.00 bits per heavy atom. The van der Waals surface area contributed by atoms with Crippen molar-refractivity contribution >= 4 is 11.6 Å². The molecule has 90 valence electrons. The van der Waals surface area contributed by atoms with Gasteiger partial charge in [0.15, 0.2) is 5.82 Å². The maximum Gasteiger partial charge on any atom is 0.160 e. The maximum absolute atomic E-state index is 13.7. The van der Waals surface area contributed by atoms with Crippen molar-refractivity contribution in [3.63, 3.8) is 0 Å². The van der Waals surface area contributed by atoms with Crippen LogP contribution in [0.1, 0.15) is 24.4 Å². The van der Waals surface area contributed by atoms with Crippen molar-refractivity contribution in [2.45, 2.75) is 19.6 Å². The highest BCUT2D eigenvalue weighted by Crippen LogP contribution is 2.26. The maximum atomic E-state index is 13.7. The monoisotopic (exact) mass is 255 g/mol. The molecule has 2 aromatic rings. The minimum Gasteiger partial charge on any atom is -0.380 e. The fourth-order valence-electron chi connectivity index (χ4n) is 1.60. The molecule has 0 radical (unpaired) electrons. The number of halogens is 2. The zero-order valence-corrected chi connectivity index (χ0v) is 9.89. The Kier molecular flexibility index (Phi) is 3.40. The zero-order chi connectivity index (χ0) is 12.4. The second kappa shape index (κ2) is 4.81. The normalized spacial score (nSPS) is 12.7. The number of hydrogen-bond donors (Lipinski definition) is 1. The number of hydrogen-bond acceptors (Lipinski definition) is 3. The highest BCUT2D eigenvalue weighted by atomic mass is 35.5. The van der Waals surface area contributed by atoms with Crippen molar-refractivity contribution in [3.05, 3.63) is 46.8 Å². The zero-order valence-electron chi connectivity index (χ0n) is 9.14. The summed E-state index contributed by atoms with van der Waals surface area (Å²) in [4.78, 5) is 3.93. The first-order valence-electron chi connectivity index (χ1n) is 5.14. The van der Waals surface area contributed by atoms with Crippen LogP contribution in [0.15, 0.2) is 24.5 Å². The van der Waals surface area contributed by atoms with Gasteiger partial charge < -0.3 is 5.11 Å². The molecule has 1 N–H and O–H groups in total. The molecule has 0 spiro atoms. The van der Waals surface area contributed by atoms with Gasteiger partial charge in [-0.1, -0.05) is 23.7 Å². The Labute approximate surface area is 103 Å². The van der Waals surface area contributed by atoms with Crippen molar-refractivity contribution in [2.75, 3.05) is 0 Å². The Balaban J connectivity index is 2.44. The van der Waals surface area contributed by atoms with E-state index in [1.807, 2.05) is 6.92 Å². The quantitative estimate of drug-likeness (QED) is 0.915. The number of nitrogens with zero attached hydrogens (tertiary/aromatic N) is 3. The minimum atomic E-state index is -1.17. The Hall–Kier alpha value is -1.46. The summed E-state index contributed by atoms with van der Waals surface area (Å²) in [6, 6.07) is 4.48. The summed E-state index contributed by atoms with van der Waals surface area (Å²) in [5.41, 5.74) is 0.0974. The number of benzene rings is 1. The first-order chi connectivity index (χ1) is 8.15. The van der Waals surface area contributed by atoms with Gasteiger partial charge in [0, 0.05) is 12.1 Å². The third-order valence-electron chi connectivity index (χ3n) is 2.47. The number of rotatable bonds is 3. The van der Waals surface area contributed by atoms with Crippen LogP contribution >= 0.6 is 11.6 Å². The van der Waals surface area contributed by atoms with E-state index >= 15 is 0 Å². The molecular weight excluding hydrogens is 245 g/mol. The Morgan fingerprint density at radius 1 is 1.53 bits per heavy atom. The Morgan fingerprint density at radius 2 is 2.29 bits per heavy atom. The number of aryl methyl sites for hydroxylation is 1. The molecule has 0 bridgehead atoms. The van der Waals surface area contributed by atoms with E-state index in [2.05, 4.69) is 10.1 Å². The van der Waals surface area contributed by atoms with Gasteiger partial charge in [-0.25, -0.2) is 14.1 Å². The topological polar surface area (TPSA) is 50.9 Å². The van der Waals surface area contributed by atoms with Crippen LogP contribution in [0.4, 0.5) is 4.39 Å². The molecule has 1 heterocycles. The van der Waals surface area contributed by atoms with Gasteiger partial charge in [-0.3, -0.25) is 0 Å². The molecule has 0 amide bonds. The summed E-state index contributed by atoms with van der Waals surface area (Å²) in [6.07, 6.45) is 0.154. The summed E-state index contributed by atoms with van der Waals surface area (Å²) in [5.74, 6) is -0.332. The van der Waals surface area contributed by atoms with Crippen LogP contribution in [0.3, 0.4) is 0 Å². The van der Waals surface area contributed by atoms with Gasteiger partial charge in [0.25, 0.3) is 0 Å². The molecule has 0 aliphatic carbocycles. The molecule has 17 heavy (non-hydrogen) atoms. The average Bonchev–Trinajstić information content (AvgIpc) is 2.80. The third kappa shape index (κ3) is 2.16. The smallest absolute Gasteiger partial charge is 0.160 e. The second-order valence-corrected chi connectivity index (χ2v) is 3.89. The van der Waals surface area contributed by atoms with Gasteiger partial charge in [-0.15, -0.1) is 0 Å². The summed E-state index contributed by atoms with van der Waals surface area (Å²) >= 11 is 5.66. The van der Waals surface area contributed by atoms with Crippen LogP contribution in [0.2, 0.25) is 5.02 Å². The van der Waals surface area contributed by atoms with Gasteiger partial charge in [0.05, 0.1) is 5.02 Å². The van der Waals surface area contributed by atoms with Crippen molar-refractivity contribution in [1.29, 1.82) is 0 Å². The molecule has 1 aromatic carbocycles. The number of aromatic nitrogens is 3. The SMILES string of the molecule is CCn1ncnc1C(O)c1cccc(Cl)c1F. The van der Waals surface area contributed by atoms with Gasteiger partial charge in [-0.05, 0) is 13.0 Å². The van der Waals surface area contributed by atoms with Gasteiger partial charge in [-0.2, -0.15) is 5.10 Å². The first-order valence-corrected chi connectivity index (χ1v) is 5.52. The molecule has 0 saturated carbocycles. The summed E-state index contributed by atoms with van der Waals surface area (Å²) in [7, 11) is 0. The summed E-state index contributed by atoms with van der Waals surface area (Å²) < 4.78 is 15.2. The number of aliphatic hydroxyl groups is 1. The second-order valence-electron chi connectivity index (χ2n) is 3.48. The minimum absolute atomic E-state index is 0.0240. The van der Waals surface area contributed by atoms with Gasteiger partial charge >= 0.3 is 0 Å². The fourth-order valence-corrected chi connectivity index (χ4v) is 1.78. The van der Waals surface area contributed by atoms with Gasteiger partial charge in [0.2, 0.25) is 0 Å². The summed E-state index contributed by atoms with van der Waals surface area (Å²) in [6.45, 7) is 2.41. The van der Waals surface area contributed by atoms with E-state index < -0.39 is 11.9 Å². The van der Waals surface area contributed by atoms with Crippen LogP contribution in [0.25, 0.3) is 0 Å². The van der Waals surface area contributed by atoms with E-state index in [0.717, 1.165) is 0 Å². The van der Waals surface area contributed by atoms with Crippen LogP contribution < -0.4 is 0 Å². The van der Waals surface area contributed by atoms with Crippen molar-refractivity contribution in [1.82, 2.24) is 14.8 Å². The molecule has 1 atom stereocenters. The molecule has 0 fully saturated rings. The standard InChI is InChI=1S/C11H11ClFN3O/c1-2-16-11(14-6-15-16)10(17)7-4-3-5-8(12)9(7)13/h3-6,10,17H,2H2,1H3. The molecule has 1 unspecified atom stereocenters. The molecule has 1 aromatic heterocycles. The molecular formula is C11H11ClFN3O. The Bertz CT molecular complexity index is 529. The van der Waals surface area contributed by atoms with Crippen LogP contribution in [-0.2, 0) is 6.54 Å².